The normalized spacial score (nSPS) is 17.3. The van der Waals surface area contributed by atoms with E-state index in [1.54, 1.807) is 18.9 Å². The van der Waals surface area contributed by atoms with Crippen LogP contribution in [0.25, 0.3) is 0 Å². The number of ether oxygens (including phenoxy) is 1. The molecule has 2 rings (SSSR count). The molecule has 114 valence electrons. The molecule has 1 aliphatic rings. The van der Waals surface area contributed by atoms with Gasteiger partial charge in [0.15, 0.2) is 0 Å². The summed E-state index contributed by atoms with van der Waals surface area (Å²) in [6.07, 6.45) is 1.36. The molecule has 1 aromatic carbocycles. The zero-order chi connectivity index (χ0) is 15.5. The first-order valence-electron chi connectivity index (χ1n) is 7.09. The monoisotopic (exact) mass is 291 g/mol. The number of carbonyl (C=O) groups is 2. The van der Waals surface area contributed by atoms with Gasteiger partial charge >= 0.3 is 5.97 Å². The Kier molecular flexibility index (Phi) is 4.50. The number of carbonyl (C=O) groups excluding carboxylic acids is 1. The molecule has 0 spiro atoms. The molecule has 1 aliphatic heterocycles. The van der Waals surface area contributed by atoms with Gasteiger partial charge in [0.25, 0.3) is 0 Å². The van der Waals surface area contributed by atoms with Gasteiger partial charge in [-0.1, -0.05) is 12.1 Å². The molecule has 0 unspecified atom stereocenters. The minimum absolute atomic E-state index is 0.0487. The fourth-order valence-corrected chi connectivity index (χ4v) is 2.49. The number of carboxylic acids is 1. The Bertz CT molecular complexity index is 516. The molecule has 0 aromatic heterocycles. The van der Waals surface area contributed by atoms with Gasteiger partial charge in [0.2, 0.25) is 5.91 Å². The van der Waals surface area contributed by atoms with Crippen molar-refractivity contribution in [2.45, 2.75) is 26.2 Å². The highest BCUT2D eigenvalue weighted by atomic mass is 16.5. The molecule has 5 nitrogen and oxygen atoms in total. The van der Waals surface area contributed by atoms with Crippen molar-refractivity contribution in [2.24, 2.45) is 5.41 Å². The summed E-state index contributed by atoms with van der Waals surface area (Å²) in [7, 11) is 1.60. The smallest absolute Gasteiger partial charge is 0.309 e. The SMILES string of the molecule is COc1ccc(CC(=O)N2CCC(C)(C(=O)O)CC2)cc1. The first-order valence-corrected chi connectivity index (χ1v) is 7.09. The van der Waals surface area contributed by atoms with Crippen LogP contribution in [-0.4, -0.2) is 42.1 Å². The summed E-state index contributed by atoms with van der Waals surface area (Å²) in [5, 5.41) is 9.19. The molecule has 1 aromatic rings. The average molecular weight is 291 g/mol. The van der Waals surface area contributed by atoms with E-state index in [0.717, 1.165) is 11.3 Å². The average Bonchev–Trinajstić information content (AvgIpc) is 2.48. The van der Waals surface area contributed by atoms with Crippen LogP contribution in [0.1, 0.15) is 25.3 Å². The van der Waals surface area contributed by atoms with Gasteiger partial charge in [-0.2, -0.15) is 0 Å². The second-order valence-electron chi connectivity index (χ2n) is 5.77. The topological polar surface area (TPSA) is 66.8 Å². The highest BCUT2D eigenvalue weighted by molar-refractivity contribution is 5.80. The van der Waals surface area contributed by atoms with Crippen LogP contribution in [0.15, 0.2) is 24.3 Å². The number of piperidine rings is 1. The number of likely N-dealkylation sites (tertiary alicyclic amines) is 1. The lowest BCUT2D eigenvalue weighted by Crippen LogP contribution is -2.45. The molecule has 1 N–H and O–H groups in total. The van der Waals surface area contributed by atoms with Crippen LogP contribution in [0, 0.1) is 5.41 Å². The lowest BCUT2D eigenvalue weighted by molar-refractivity contribution is -0.152. The van der Waals surface area contributed by atoms with Crippen molar-refractivity contribution >= 4 is 11.9 Å². The Morgan fingerprint density at radius 1 is 1.24 bits per heavy atom. The molecule has 1 fully saturated rings. The van der Waals surface area contributed by atoms with Crippen LogP contribution in [0.2, 0.25) is 0 Å². The molecular weight excluding hydrogens is 270 g/mol. The molecule has 1 amide bonds. The number of rotatable bonds is 4. The van der Waals surface area contributed by atoms with E-state index in [0.29, 0.717) is 32.4 Å². The standard InChI is InChI=1S/C16H21NO4/c1-16(15(19)20)7-9-17(10-8-16)14(18)11-12-3-5-13(21-2)6-4-12/h3-6H,7-11H2,1-2H3,(H,19,20). The zero-order valence-electron chi connectivity index (χ0n) is 12.5. The fourth-order valence-electron chi connectivity index (χ4n) is 2.49. The molecule has 0 bridgehead atoms. The molecule has 0 atom stereocenters. The van der Waals surface area contributed by atoms with Crippen LogP contribution in [-0.2, 0) is 16.0 Å². The van der Waals surface area contributed by atoms with Crippen molar-refractivity contribution in [1.82, 2.24) is 4.90 Å². The molecule has 0 aliphatic carbocycles. The van der Waals surface area contributed by atoms with E-state index < -0.39 is 11.4 Å². The van der Waals surface area contributed by atoms with Crippen molar-refractivity contribution in [3.63, 3.8) is 0 Å². The molecule has 21 heavy (non-hydrogen) atoms. The molecule has 1 heterocycles. The van der Waals surface area contributed by atoms with Crippen molar-refractivity contribution in [3.05, 3.63) is 29.8 Å². The van der Waals surface area contributed by atoms with Crippen molar-refractivity contribution in [3.8, 4) is 5.75 Å². The summed E-state index contributed by atoms with van der Waals surface area (Å²) in [4.78, 5) is 25.2. The predicted molar refractivity (Wildman–Crippen MR) is 78.3 cm³/mol. The minimum atomic E-state index is -0.773. The fraction of sp³-hybridized carbons (Fsp3) is 0.500. The second-order valence-corrected chi connectivity index (χ2v) is 5.77. The van der Waals surface area contributed by atoms with Gasteiger partial charge in [-0.25, -0.2) is 0 Å². The number of aliphatic carboxylic acids is 1. The van der Waals surface area contributed by atoms with Gasteiger partial charge < -0.3 is 14.7 Å². The van der Waals surface area contributed by atoms with Crippen molar-refractivity contribution in [1.29, 1.82) is 0 Å². The van der Waals surface area contributed by atoms with Gasteiger partial charge in [0.1, 0.15) is 5.75 Å². The van der Waals surface area contributed by atoms with Gasteiger partial charge in [-0.15, -0.1) is 0 Å². The van der Waals surface area contributed by atoms with E-state index in [-0.39, 0.29) is 5.91 Å². The number of benzene rings is 1. The van der Waals surface area contributed by atoms with Gasteiger partial charge in [0, 0.05) is 13.1 Å². The first kappa shape index (κ1) is 15.4. The highest BCUT2D eigenvalue weighted by Crippen LogP contribution is 2.31. The van der Waals surface area contributed by atoms with Gasteiger partial charge in [-0.3, -0.25) is 9.59 Å². The van der Waals surface area contributed by atoms with E-state index in [9.17, 15) is 14.7 Å². The summed E-state index contributed by atoms with van der Waals surface area (Å²) in [5.74, 6) is 0.0405. The number of nitrogens with zero attached hydrogens (tertiary/aromatic N) is 1. The predicted octanol–water partition coefficient (Wildman–Crippen LogP) is 1.95. The second kappa shape index (κ2) is 6.16. The molecule has 5 heteroatoms. The van der Waals surface area contributed by atoms with Crippen molar-refractivity contribution < 1.29 is 19.4 Å². The van der Waals surface area contributed by atoms with Crippen LogP contribution in [0.3, 0.4) is 0 Å². The van der Waals surface area contributed by atoms with Crippen LogP contribution in [0.5, 0.6) is 5.75 Å². The van der Waals surface area contributed by atoms with Gasteiger partial charge in [-0.05, 0) is 37.5 Å². The Morgan fingerprint density at radius 2 is 1.81 bits per heavy atom. The third kappa shape index (κ3) is 3.54. The summed E-state index contributed by atoms with van der Waals surface area (Å²) in [6, 6.07) is 7.42. The Hall–Kier alpha value is -2.04. The lowest BCUT2D eigenvalue weighted by Gasteiger charge is -2.36. The zero-order valence-corrected chi connectivity index (χ0v) is 12.5. The summed E-state index contributed by atoms with van der Waals surface area (Å²) >= 11 is 0. The highest BCUT2D eigenvalue weighted by Gasteiger charge is 2.37. The van der Waals surface area contributed by atoms with E-state index >= 15 is 0 Å². The minimum Gasteiger partial charge on any atom is -0.497 e. The Labute approximate surface area is 124 Å². The maximum Gasteiger partial charge on any atom is 0.309 e. The Balaban J connectivity index is 1.91. The van der Waals surface area contributed by atoms with Crippen LogP contribution >= 0.6 is 0 Å². The van der Waals surface area contributed by atoms with E-state index in [1.165, 1.54) is 0 Å². The van der Waals surface area contributed by atoms with Crippen molar-refractivity contribution in [2.75, 3.05) is 20.2 Å². The lowest BCUT2D eigenvalue weighted by atomic mass is 9.80. The number of hydrogen-bond acceptors (Lipinski definition) is 3. The van der Waals surface area contributed by atoms with Crippen LogP contribution in [0.4, 0.5) is 0 Å². The van der Waals surface area contributed by atoms with Crippen LogP contribution < -0.4 is 4.74 Å². The number of carboxylic acid groups (broad SMARTS) is 1. The number of amides is 1. The molecule has 0 radical (unpaired) electrons. The third-order valence-electron chi connectivity index (χ3n) is 4.25. The number of methoxy groups -OCH3 is 1. The third-order valence-corrected chi connectivity index (χ3v) is 4.25. The van der Waals surface area contributed by atoms with E-state index in [1.807, 2.05) is 24.3 Å². The first-order chi connectivity index (χ1) is 9.94. The number of hydrogen-bond donors (Lipinski definition) is 1. The Morgan fingerprint density at radius 3 is 2.29 bits per heavy atom. The van der Waals surface area contributed by atoms with Gasteiger partial charge in [0.05, 0.1) is 18.9 Å². The maximum atomic E-state index is 12.3. The maximum absolute atomic E-state index is 12.3. The summed E-state index contributed by atoms with van der Waals surface area (Å²) < 4.78 is 5.08. The molecule has 1 saturated heterocycles. The molecular formula is C16H21NO4. The summed E-state index contributed by atoms with van der Waals surface area (Å²) in [6.45, 7) is 2.77. The largest absolute Gasteiger partial charge is 0.497 e. The molecule has 0 saturated carbocycles. The van der Waals surface area contributed by atoms with E-state index in [4.69, 9.17) is 4.74 Å². The van der Waals surface area contributed by atoms with E-state index in [2.05, 4.69) is 0 Å². The summed E-state index contributed by atoms with van der Waals surface area (Å²) in [5.41, 5.74) is 0.240. The quantitative estimate of drug-likeness (QED) is 0.920.